The van der Waals surface area contributed by atoms with Crippen molar-refractivity contribution in [3.8, 4) is 28.1 Å². The number of hydrogen-bond acceptors (Lipinski definition) is 6. The average molecular weight is 383 g/mol. The van der Waals surface area contributed by atoms with Crippen molar-refractivity contribution in [2.75, 3.05) is 25.2 Å². The summed E-state index contributed by atoms with van der Waals surface area (Å²) in [6.07, 6.45) is 3.18. The zero-order chi connectivity index (χ0) is 19.7. The van der Waals surface area contributed by atoms with Crippen LogP contribution < -0.4 is 4.90 Å². The number of rotatable bonds is 4. The largest absolute Gasteiger partial charge is 0.507 e. The number of hydrogen-bond donors (Lipinski definition) is 1. The molecule has 2 aromatic heterocycles. The van der Waals surface area contributed by atoms with Crippen molar-refractivity contribution in [3.63, 3.8) is 0 Å². The Balaban J connectivity index is 1.55. The van der Waals surface area contributed by atoms with E-state index in [1.54, 1.807) is 40.0 Å². The Morgan fingerprint density at radius 3 is 2.71 bits per heavy atom. The molecule has 0 unspecified atom stereocenters. The van der Waals surface area contributed by atoms with Crippen LogP contribution in [0.3, 0.4) is 0 Å². The number of ether oxygens (including phenoxy) is 1. The van der Waals surface area contributed by atoms with E-state index < -0.39 is 6.17 Å². The van der Waals surface area contributed by atoms with Gasteiger partial charge in [-0.1, -0.05) is 6.07 Å². The van der Waals surface area contributed by atoms with E-state index in [2.05, 4.69) is 15.3 Å². The number of benzene rings is 1. The fraction of sp³-hybridized carbons (Fsp3) is 0.350. The highest BCUT2D eigenvalue weighted by atomic mass is 19.1. The Morgan fingerprint density at radius 2 is 2.07 bits per heavy atom. The van der Waals surface area contributed by atoms with Gasteiger partial charge in [0.25, 0.3) is 0 Å². The number of nitrogens with zero attached hydrogens (tertiary/aromatic N) is 5. The van der Waals surface area contributed by atoms with E-state index in [0.717, 1.165) is 11.1 Å². The Bertz CT molecular complexity index is 959. The summed E-state index contributed by atoms with van der Waals surface area (Å²) >= 11 is 0. The number of phenols is 1. The molecule has 146 valence electrons. The van der Waals surface area contributed by atoms with Gasteiger partial charge in [0, 0.05) is 38.0 Å². The summed E-state index contributed by atoms with van der Waals surface area (Å²) < 4.78 is 21.0. The predicted octanol–water partition coefficient (Wildman–Crippen LogP) is 2.81. The standard InChI is InChI=1S/C20H22FN5O2/c1-25-11-14(10-22-25)13-3-4-15(19(27)9-13)17-5-6-20(24-23-17)26(2)18-7-8-28-12-16(18)21/h3-6,9-11,16,18,27H,7-8,12H2,1-2H3/t16-,18+/m0/s1. The minimum atomic E-state index is -1.05. The van der Waals surface area contributed by atoms with E-state index in [1.165, 1.54) is 0 Å². The third-order valence-corrected chi connectivity index (χ3v) is 5.07. The van der Waals surface area contributed by atoms with E-state index in [9.17, 15) is 9.50 Å². The third kappa shape index (κ3) is 3.55. The van der Waals surface area contributed by atoms with Crippen molar-refractivity contribution < 1.29 is 14.2 Å². The monoisotopic (exact) mass is 383 g/mol. The summed E-state index contributed by atoms with van der Waals surface area (Å²) in [5.74, 6) is 0.703. The number of anilines is 1. The SMILES string of the molecule is CN(c1ccc(-c2ccc(-c3cnn(C)c3)cc2O)nn1)[C@@H]1CCOC[C@@H]1F. The van der Waals surface area contributed by atoms with Crippen LogP contribution in [0.2, 0.25) is 0 Å². The van der Waals surface area contributed by atoms with Gasteiger partial charge in [-0.05, 0) is 36.2 Å². The summed E-state index contributed by atoms with van der Waals surface area (Å²) in [5.41, 5.74) is 2.93. The molecule has 1 saturated heterocycles. The van der Waals surface area contributed by atoms with Crippen molar-refractivity contribution in [3.05, 3.63) is 42.7 Å². The topological polar surface area (TPSA) is 76.3 Å². The molecule has 0 spiro atoms. The molecule has 1 N–H and O–H groups in total. The molecule has 1 aliphatic heterocycles. The van der Waals surface area contributed by atoms with Crippen molar-refractivity contribution in [2.24, 2.45) is 7.05 Å². The molecule has 0 aliphatic carbocycles. The summed E-state index contributed by atoms with van der Waals surface area (Å²) in [5, 5.41) is 23.1. The summed E-state index contributed by atoms with van der Waals surface area (Å²) in [6.45, 7) is 0.649. The van der Waals surface area contributed by atoms with Crippen LogP contribution in [0.15, 0.2) is 42.7 Å². The summed E-state index contributed by atoms with van der Waals surface area (Å²) in [7, 11) is 3.66. The first-order chi connectivity index (χ1) is 13.5. The van der Waals surface area contributed by atoms with Crippen LogP contribution in [-0.2, 0) is 11.8 Å². The van der Waals surface area contributed by atoms with Crippen LogP contribution in [0.4, 0.5) is 10.2 Å². The second-order valence-electron chi connectivity index (χ2n) is 6.97. The molecule has 8 heteroatoms. The van der Waals surface area contributed by atoms with Crippen LogP contribution in [0.25, 0.3) is 22.4 Å². The van der Waals surface area contributed by atoms with Crippen molar-refractivity contribution in [1.29, 1.82) is 0 Å². The minimum absolute atomic E-state index is 0.109. The van der Waals surface area contributed by atoms with Gasteiger partial charge in [0.2, 0.25) is 0 Å². The average Bonchev–Trinajstić information content (AvgIpc) is 3.14. The Labute approximate surface area is 162 Å². The smallest absolute Gasteiger partial charge is 0.151 e. The van der Waals surface area contributed by atoms with Gasteiger partial charge in [-0.2, -0.15) is 5.10 Å². The highest BCUT2D eigenvalue weighted by Gasteiger charge is 2.29. The molecule has 28 heavy (non-hydrogen) atoms. The normalized spacial score (nSPS) is 19.5. The predicted molar refractivity (Wildman–Crippen MR) is 104 cm³/mol. The lowest BCUT2D eigenvalue weighted by Gasteiger charge is -2.34. The second kappa shape index (κ2) is 7.55. The van der Waals surface area contributed by atoms with E-state index in [4.69, 9.17) is 4.74 Å². The van der Waals surface area contributed by atoms with E-state index in [0.29, 0.717) is 30.1 Å². The van der Waals surface area contributed by atoms with Gasteiger partial charge < -0.3 is 14.7 Å². The van der Waals surface area contributed by atoms with Gasteiger partial charge in [-0.3, -0.25) is 4.68 Å². The molecule has 0 saturated carbocycles. The van der Waals surface area contributed by atoms with Crippen molar-refractivity contribution in [1.82, 2.24) is 20.0 Å². The van der Waals surface area contributed by atoms with Crippen LogP contribution in [0, 0.1) is 0 Å². The van der Waals surface area contributed by atoms with Crippen LogP contribution in [0.5, 0.6) is 5.75 Å². The molecule has 1 aliphatic rings. The maximum absolute atomic E-state index is 14.1. The molecule has 2 atom stereocenters. The molecule has 7 nitrogen and oxygen atoms in total. The third-order valence-electron chi connectivity index (χ3n) is 5.07. The van der Waals surface area contributed by atoms with Gasteiger partial charge >= 0.3 is 0 Å². The zero-order valence-corrected chi connectivity index (χ0v) is 15.8. The lowest BCUT2D eigenvalue weighted by molar-refractivity contribution is 0.0225. The van der Waals surface area contributed by atoms with Gasteiger partial charge in [0.05, 0.1) is 24.5 Å². The number of halogens is 1. The maximum atomic E-state index is 14.1. The van der Waals surface area contributed by atoms with E-state index in [-0.39, 0.29) is 18.4 Å². The molecule has 0 bridgehead atoms. The molecule has 3 aromatic rings. The van der Waals surface area contributed by atoms with Gasteiger partial charge in [-0.25, -0.2) is 4.39 Å². The molecule has 0 amide bonds. The fourth-order valence-corrected chi connectivity index (χ4v) is 3.45. The van der Waals surface area contributed by atoms with Crippen molar-refractivity contribution in [2.45, 2.75) is 18.6 Å². The van der Waals surface area contributed by atoms with Crippen LogP contribution in [-0.4, -0.2) is 57.6 Å². The number of phenolic OH excluding ortho intramolecular Hbond substituents is 1. The Morgan fingerprint density at radius 1 is 1.21 bits per heavy atom. The highest BCUT2D eigenvalue weighted by Crippen LogP contribution is 2.32. The minimum Gasteiger partial charge on any atom is -0.507 e. The number of aromatic hydroxyl groups is 1. The van der Waals surface area contributed by atoms with E-state index in [1.807, 2.05) is 26.4 Å². The molecular formula is C20H22FN5O2. The summed E-state index contributed by atoms with van der Waals surface area (Å²) in [4.78, 5) is 1.80. The summed E-state index contributed by atoms with van der Waals surface area (Å²) in [6, 6.07) is 8.69. The number of alkyl halides is 1. The molecular weight excluding hydrogens is 361 g/mol. The van der Waals surface area contributed by atoms with E-state index >= 15 is 0 Å². The maximum Gasteiger partial charge on any atom is 0.151 e. The molecule has 4 rings (SSSR count). The Hall–Kier alpha value is -3.00. The fourth-order valence-electron chi connectivity index (χ4n) is 3.45. The van der Waals surface area contributed by atoms with Crippen LogP contribution >= 0.6 is 0 Å². The zero-order valence-electron chi connectivity index (χ0n) is 15.8. The molecule has 0 radical (unpaired) electrons. The van der Waals surface area contributed by atoms with Gasteiger partial charge in [0.1, 0.15) is 11.9 Å². The number of aryl methyl sites for hydroxylation is 1. The first kappa shape index (κ1) is 18.4. The van der Waals surface area contributed by atoms with Gasteiger partial charge in [-0.15, -0.1) is 10.2 Å². The first-order valence-corrected chi connectivity index (χ1v) is 9.13. The second-order valence-corrected chi connectivity index (χ2v) is 6.97. The first-order valence-electron chi connectivity index (χ1n) is 9.13. The highest BCUT2D eigenvalue weighted by molar-refractivity contribution is 5.73. The number of aromatic nitrogens is 4. The molecule has 3 heterocycles. The quantitative estimate of drug-likeness (QED) is 0.747. The van der Waals surface area contributed by atoms with Gasteiger partial charge in [0.15, 0.2) is 5.82 Å². The Kier molecular flexibility index (Phi) is 4.95. The molecule has 1 fully saturated rings. The molecule has 1 aromatic carbocycles. The van der Waals surface area contributed by atoms with Crippen molar-refractivity contribution >= 4 is 5.82 Å². The van der Waals surface area contributed by atoms with Crippen LogP contribution in [0.1, 0.15) is 6.42 Å². The lowest BCUT2D eigenvalue weighted by atomic mass is 10.0. The lowest BCUT2D eigenvalue weighted by Crippen LogP contribution is -2.45.